The number of aromatic nitrogens is 1. The molecule has 0 saturated heterocycles. The molecule has 0 aliphatic rings. The molecule has 2 aromatic rings. The Balaban J connectivity index is 2.27. The molecule has 2 rings (SSSR count). The van der Waals surface area contributed by atoms with Crippen molar-refractivity contribution in [2.45, 2.75) is 6.92 Å². The smallest absolute Gasteiger partial charge is 0.350 e. The molecule has 0 saturated carbocycles. The van der Waals surface area contributed by atoms with Crippen molar-refractivity contribution in [2.75, 3.05) is 12.4 Å². The molecule has 0 bridgehead atoms. The standard InChI is InChI=1S/C13H12N2O3S/c1-8-7-19-11(13(17)18-2)10(8)15-12(16)9-3-5-14-6-4-9/h3-7H,1-2H3,(H,15,16). The second-order valence-corrected chi connectivity index (χ2v) is 4.68. The maximum atomic E-state index is 12.0. The lowest BCUT2D eigenvalue weighted by molar-refractivity contribution is 0.0607. The third kappa shape index (κ3) is 2.79. The number of aryl methyl sites for hydroxylation is 1. The van der Waals surface area contributed by atoms with Crippen LogP contribution in [-0.2, 0) is 4.74 Å². The number of carbonyl (C=O) groups is 2. The van der Waals surface area contributed by atoms with Gasteiger partial charge in [-0.15, -0.1) is 11.3 Å². The van der Waals surface area contributed by atoms with Crippen LogP contribution < -0.4 is 5.32 Å². The fourth-order valence-corrected chi connectivity index (χ4v) is 2.45. The summed E-state index contributed by atoms with van der Waals surface area (Å²) in [6.45, 7) is 1.82. The Hall–Kier alpha value is -2.21. The van der Waals surface area contributed by atoms with Crippen molar-refractivity contribution in [2.24, 2.45) is 0 Å². The van der Waals surface area contributed by atoms with Gasteiger partial charge in [0.2, 0.25) is 0 Å². The summed E-state index contributed by atoms with van der Waals surface area (Å²) in [5.74, 6) is -0.739. The Kier molecular flexibility index (Phi) is 3.91. The number of nitrogens with one attached hydrogen (secondary N) is 1. The van der Waals surface area contributed by atoms with Crippen molar-refractivity contribution >= 4 is 28.9 Å². The molecule has 5 nitrogen and oxygen atoms in total. The minimum atomic E-state index is -0.455. The van der Waals surface area contributed by atoms with Crippen molar-refractivity contribution in [1.82, 2.24) is 4.98 Å². The summed E-state index contributed by atoms with van der Waals surface area (Å²) in [4.78, 5) is 27.9. The van der Waals surface area contributed by atoms with E-state index in [2.05, 4.69) is 15.0 Å². The molecule has 0 spiro atoms. The first-order valence-electron chi connectivity index (χ1n) is 5.51. The van der Waals surface area contributed by atoms with E-state index in [4.69, 9.17) is 0 Å². The van der Waals surface area contributed by atoms with Crippen molar-refractivity contribution in [3.05, 3.63) is 45.9 Å². The normalized spacial score (nSPS) is 10.0. The third-order valence-electron chi connectivity index (χ3n) is 2.53. The summed E-state index contributed by atoms with van der Waals surface area (Å²) in [6, 6.07) is 3.21. The van der Waals surface area contributed by atoms with E-state index in [1.54, 1.807) is 17.5 Å². The van der Waals surface area contributed by atoms with E-state index >= 15 is 0 Å². The van der Waals surface area contributed by atoms with E-state index in [-0.39, 0.29) is 5.91 Å². The van der Waals surface area contributed by atoms with Gasteiger partial charge in [-0.05, 0) is 30.0 Å². The number of hydrogen-bond donors (Lipinski definition) is 1. The molecule has 0 fully saturated rings. The Bertz CT molecular complexity index is 608. The molecule has 0 aromatic carbocycles. The number of carbonyl (C=O) groups excluding carboxylic acids is 2. The first-order chi connectivity index (χ1) is 9.13. The minimum Gasteiger partial charge on any atom is -0.465 e. The molecule has 0 aliphatic heterocycles. The van der Waals surface area contributed by atoms with E-state index in [1.807, 2.05) is 6.92 Å². The van der Waals surface area contributed by atoms with Gasteiger partial charge in [-0.1, -0.05) is 0 Å². The van der Waals surface area contributed by atoms with Gasteiger partial charge in [-0.3, -0.25) is 9.78 Å². The average Bonchev–Trinajstić information content (AvgIpc) is 2.80. The zero-order valence-electron chi connectivity index (χ0n) is 10.5. The number of methoxy groups -OCH3 is 1. The number of thiophene rings is 1. The molecule has 98 valence electrons. The number of esters is 1. The topological polar surface area (TPSA) is 68.3 Å². The molecule has 1 N–H and O–H groups in total. The highest BCUT2D eigenvalue weighted by Gasteiger charge is 2.19. The number of anilines is 1. The second kappa shape index (κ2) is 5.62. The molecule has 0 unspecified atom stereocenters. The maximum absolute atomic E-state index is 12.0. The Labute approximate surface area is 114 Å². The predicted octanol–water partition coefficient (Wildman–Crippen LogP) is 2.49. The number of hydrogen-bond acceptors (Lipinski definition) is 5. The Morgan fingerprint density at radius 3 is 2.63 bits per heavy atom. The first-order valence-corrected chi connectivity index (χ1v) is 6.39. The van der Waals surface area contributed by atoms with Crippen LogP contribution in [0, 0.1) is 6.92 Å². The van der Waals surface area contributed by atoms with Gasteiger partial charge < -0.3 is 10.1 Å². The Morgan fingerprint density at radius 1 is 1.32 bits per heavy atom. The Morgan fingerprint density at radius 2 is 2.00 bits per heavy atom. The summed E-state index contributed by atoms with van der Waals surface area (Å²) in [5, 5.41) is 4.53. The van der Waals surface area contributed by atoms with Gasteiger partial charge in [-0.2, -0.15) is 0 Å². The third-order valence-corrected chi connectivity index (χ3v) is 3.60. The molecule has 6 heteroatoms. The monoisotopic (exact) mass is 276 g/mol. The van der Waals surface area contributed by atoms with E-state index in [9.17, 15) is 9.59 Å². The van der Waals surface area contributed by atoms with Crippen LogP contribution in [0.4, 0.5) is 5.69 Å². The van der Waals surface area contributed by atoms with Gasteiger partial charge in [0.25, 0.3) is 5.91 Å². The largest absolute Gasteiger partial charge is 0.465 e. The van der Waals surface area contributed by atoms with Crippen LogP contribution in [0.15, 0.2) is 29.9 Å². The molecule has 2 heterocycles. The molecular formula is C13H12N2O3S. The number of nitrogens with zero attached hydrogens (tertiary/aromatic N) is 1. The van der Waals surface area contributed by atoms with Crippen LogP contribution in [0.1, 0.15) is 25.6 Å². The highest BCUT2D eigenvalue weighted by Crippen LogP contribution is 2.28. The zero-order valence-corrected chi connectivity index (χ0v) is 11.3. The predicted molar refractivity (Wildman–Crippen MR) is 72.6 cm³/mol. The van der Waals surface area contributed by atoms with Gasteiger partial charge in [0.05, 0.1) is 12.8 Å². The van der Waals surface area contributed by atoms with Gasteiger partial charge in [-0.25, -0.2) is 4.79 Å². The van der Waals surface area contributed by atoms with E-state index < -0.39 is 5.97 Å². The highest BCUT2D eigenvalue weighted by atomic mass is 32.1. The summed E-state index contributed by atoms with van der Waals surface area (Å²) in [5.41, 5.74) is 1.81. The highest BCUT2D eigenvalue weighted by molar-refractivity contribution is 7.12. The van der Waals surface area contributed by atoms with Crippen LogP contribution in [0.2, 0.25) is 0 Å². The van der Waals surface area contributed by atoms with E-state index in [0.29, 0.717) is 16.1 Å². The van der Waals surface area contributed by atoms with Crippen LogP contribution >= 0.6 is 11.3 Å². The molecule has 0 atom stereocenters. The number of amides is 1. The van der Waals surface area contributed by atoms with E-state index in [0.717, 1.165) is 5.56 Å². The van der Waals surface area contributed by atoms with Crippen molar-refractivity contribution < 1.29 is 14.3 Å². The van der Waals surface area contributed by atoms with Crippen LogP contribution in [-0.4, -0.2) is 24.0 Å². The molecule has 0 aliphatic carbocycles. The number of rotatable bonds is 3. The minimum absolute atomic E-state index is 0.283. The molecule has 0 radical (unpaired) electrons. The van der Waals surface area contributed by atoms with Gasteiger partial charge >= 0.3 is 5.97 Å². The fourth-order valence-electron chi connectivity index (χ4n) is 1.53. The summed E-state index contributed by atoms with van der Waals surface area (Å²) < 4.78 is 4.69. The summed E-state index contributed by atoms with van der Waals surface area (Å²) >= 11 is 1.24. The molecule has 1 amide bonds. The van der Waals surface area contributed by atoms with Crippen LogP contribution in [0.25, 0.3) is 0 Å². The van der Waals surface area contributed by atoms with Crippen LogP contribution in [0.3, 0.4) is 0 Å². The SMILES string of the molecule is COC(=O)c1scc(C)c1NC(=O)c1ccncc1. The quantitative estimate of drug-likeness (QED) is 0.874. The first kappa shape index (κ1) is 13.2. The second-order valence-electron chi connectivity index (χ2n) is 3.80. The lowest BCUT2D eigenvalue weighted by atomic mass is 10.2. The summed E-state index contributed by atoms with van der Waals surface area (Å²) in [6.07, 6.45) is 3.08. The van der Waals surface area contributed by atoms with Crippen LogP contribution in [0.5, 0.6) is 0 Å². The van der Waals surface area contributed by atoms with Crippen molar-refractivity contribution in [1.29, 1.82) is 0 Å². The van der Waals surface area contributed by atoms with Crippen molar-refractivity contribution in [3.63, 3.8) is 0 Å². The fraction of sp³-hybridized carbons (Fsp3) is 0.154. The lowest BCUT2D eigenvalue weighted by Gasteiger charge is -2.07. The number of pyridine rings is 1. The maximum Gasteiger partial charge on any atom is 0.350 e. The molecule has 19 heavy (non-hydrogen) atoms. The zero-order chi connectivity index (χ0) is 13.8. The average molecular weight is 276 g/mol. The van der Waals surface area contributed by atoms with Crippen molar-refractivity contribution in [3.8, 4) is 0 Å². The van der Waals surface area contributed by atoms with Gasteiger partial charge in [0, 0.05) is 18.0 Å². The lowest BCUT2D eigenvalue weighted by Crippen LogP contribution is -2.14. The van der Waals surface area contributed by atoms with Gasteiger partial charge in [0.15, 0.2) is 0 Å². The molecule has 2 aromatic heterocycles. The summed E-state index contributed by atoms with van der Waals surface area (Å²) in [7, 11) is 1.31. The van der Waals surface area contributed by atoms with Gasteiger partial charge in [0.1, 0.15) is 4.88 Å². The number of ether oxygens (including phenoxy) is 1. The van der Waals surface area contributed by atoms with E-state index in [1.165, 1.54) is 30.8 Å². The molecular weight excluding hydrogens is 264 g/mol.